The van der Waals surface area contributed by atoms with Gasteiger partial charge < -0.3 is 4.74 Å². The van der Waals surface area contributed by atoms with Gasteiger partial charge in [-0.2, -0.15) is 8.78 Å². The number of alkyl halides is 2. The molecular weight excluding hydrogens is 619 g/mol. The molecule has 0 radical (unpaired) electrons. The molecule has 0 saturated heterocycles. The summed E-state index contributed by atoms with van der Waals surface area (Å²) in [4.78, 5) is 0. The summed E-state index contributed by atoms with van der Waals surface area (Å²) in [5.41, 5.74) is -0.450. The van der Waals surface area contributed by atoms with Gasteiger partial charge in [0.25, 0.3) is 0 Å². The lowest BCUT2D eigenvalue weighted by atomic mass is 9.95. The fourth-order valence-electron chi connectivity index (χ4n) is 5.08. The highest BCUT2D eigenvalue weighted by Crippen LogP contribution is 2.38. The smallest absolute Gasteiger partial charge is 0.429 e. The molecule has 0 aromatic heterocycles. The van der Waals surface area contributed by atoms with E-state index in [1.807, 2.05) is 12.1 Å². The lowest BCUT2D eigenvalue weighted by Gasteiger charge is -2.19. The molecule has 0 aliphatic heterocycles. The average Bonchev–Trinajstić information content (AvgIpc) is 2.99. The van der Waals surface area contributed by atoms with Crippen LogP contribution in [0.25, 0.3) is 33.4 Å². The minimum atomic E-state index is -4.46. The molecule has 0 unspecified atom stereocenters. The van der Waals surface area contributed by atoms with Gasteiger partial charge in [0.1, 0.15) is 29.0 Å². The van der Waals surface area contributed by atoms with Crippen LogP contribution >= 0.6 is 0 Å². The second-order valence-electron chi connectivity index (χ2n) is 10.7. The maximum Gasteiger partial charge on any atom is 0.429 e. The van der Waals surface area contributed by atoms with Gasteiger partial charge in [0.05, 0.1) is 11.1 Å². The number of benzene rings is 5. The van der Waals surface area contributed by atoms with Crippen molar-refractivity contribution in [1.29, 1.82) is 0 Å². The first kappa shape index (κ1) is 32.7. The van der Waals surface area contributed by atoms with Crippen molar-refractivity contribution in [2.24, 2.45) is 0 Å². The number of hydrogen-bond donors (Lipinski definition) is 0. The molecule has 0 spiro atoms. The van der Waals surface area contributed by atoms with Crippen molar-refractivity contribution in [3.05, 3.63) is 137 Å². The van der Waals surface area contributed by atoms with Crippen LogP contribution in [0.2, 0.25) is 0 Å². The largest absolute Gasteiger partial charge is 0.429 e. The van der Waals surface area contributed by atoms with Gasteiger partial charge in [-0.05, 0) is 71.0 Å². The van der Waals surface area contributed by atoms with Crippen LogP contribution in [0, 0.1) is 40.7 Å². The van der Waals surface area contributed by atoms with Crippen LogP contribution in [0.15, 0.2) is 84.9 Å². The second-order valence-corrected chi connectivity index (χ2v) is 10.7. The van der Waals surface area contributed by atoms with Crippen LogP contribution in [0.5, 0.6) is 5.75 Å². The van der Waals surface area contributed by atoms with Gasteiger partial charge in [-0.25, -0.2) is 30.7 Å². The molecule has 0 bridgehead atoms. The molecule has 0 amide bonds. The number of ether oxygens (including phenoxy) is 1. The third-order valence-electron chi connectivity index (χ3n) is 7.45. The molecule has 238 valence electrons. The molecule has 0 saturated carbocycles. The fraction of sp³-hybridized carbons (Fsp3) is 0.167. The summed E-state index contributed by atoms with van der Waals surface area (Å²) < 4.78 is 134. The topological polar surface area (TPSA) is 9.23 Å². The zero-order valence-electron chi connectivity index (χ0n) is 24.2. The van der Waals surface area contributed by atoms with Gasteiger partial charge in [0, 0.05) is 17.7 Å². The Hall–Kier alpha value is -4.73. The standard InChI is InChI=1S/C36H25F9O/c1-2-3-4-5-20-6-8-21(9-7-20)24-16-30(39)34(31(40)17-24)23-10-12-26(28(37)15-23)22-11-13-27(29(38)14-22)36(44,45)46-25-18-32(41)35(43)33(42)19-25/h6-19H,2-5H2,1H3. The van der Waals surface area contributed by atoms with Crippen LogP contribution in [-0.2, 0) is 12.5 Å². The summed E-state index contributed by atoms with van der Waals surface area (Å²) in [5, 5.41) is 0. The molecule has 0 atom stereocenters. The van der Waals surface area contributed by atoms with Gasteiger partial charge in [-0.3, -0.25) is 0 Å². The number of unbranched alkanes of at least 4 members (excludes halogenated alkanes) is 2. The minimum absolute atomic E-state index is 0.148. The zero-order valence-corrected chi connectivity index (χ0v) is 24.2. The Morgan fingerprint density at radius 3 is 1.70 bits per heavy atom. The predicted molar refractivity (Wildman–Crippen MR) is 157 cm³/mol. The van der Waals surface area contributed by atoms with E-state index in [-0.39, 0.29) is 28.8 Å². The summed E-state index contributed by atoms with van der Waals surface area (Å²) in [7, 11) is 0. The van der Waals surface area contributed by atoms with E-state index in [1.54, 1.807) is 12.1 Å². The first-order valence-corrected chi connectivity index (χ1v) is 14.3. The van der Waals surface area contributed by atoms with Gasteiger partial charge >= 0.3 is 6.11 Å². The van der Waals surface area contributed by atoms with Crippen molar-refractivity contribution >= 4 is 0 Å². The van der Waals surface area contributed by atoms with Crippen molar-refractivity contribution in [3.8, 4) is 39.1 Å². The second kappa shape index (κ2) is 13.3. The summed E-state index contributed by atoms with van der Waals surface area (Å²) in [6.45, 7) is 2.11. The monoisotopic (exact) mass is 644 g/mol. The van der Waals surface area contributed by atoms with Crippen LogP contribution in [0.4, 0.5) is 39.5 Å². The molecule has 0 aliphatic carbocycles. The quantitative estimate of drug-likeness (QED) is 0.0835. The molecule has 0 aliphatic rings. The SMILES string of the molecule is CCCCCc1ccc(-c2cc(F)c(-c3ccc(-c4ccc(C(F)(F)Oc5cc(F)c(F)c(F)c5)c(F)c4)c(F)c3)c(F)c2)cc1. The van der Waals surface area contributed by atoms with Crippen molar-refractivity contribution in [1.82, 2.24) is 0 Å². The molecular formula is C36H25F9O. The summed E-state index contributed by atoms with van der Waals surface area (Å²) in [6.07, 6.45) is -0.321. The summed E-state index contributed by atoms with van der Waals surface area (Å²) in [6, 6.07) is 15.2. The van der Waals surface area contributed by atoms with Crippen LogP contribution in [0.1, 0.15) is 37.3 Å². The van der Waals surface area contributed by atoms with Gasteiger partial charge in [0.2, 0.25) is 0 Å². The van der Waals surface area contributed by atoms with E-state index in [1.165, 1.54) is 6.07 Å². The van der Waals surface area contributed by atoms with E-state index in [0.717, 1.165) is 61.6 Å². The predicted octanol–water partition coefficient (Wildman–Crippen LogP) is 11.5. The van der Waals surface area contributed by atoms with E-state index in [2.05, 4.69) is 11.7 Å². The minimum Gasteiger partial charge on any atom is -0.429 e. The maximum atomic E-state index is 15.2. The molecule has 0 fully saturated rings. The maximum absolute atomic E-state index is 15.2. The Morgan fingerprint density at radius 1 is 0.543 bits per heavy atom. The Labute approximate surface area is 258 Å². The van der Waals surface area contributed by atoms with E-state index in [9.17, 15) is 26.3 Å². The highest BCUT2D eigenvalue weighted by atomic mass is 19.3. The van der Waals surface area contributed by atoms with Crippen LogP contribution in [-0.4, -0.2) is 0 Å². The van der Waals surface area contributed by atoms with Crippen LogP contribution < -0.4 is 4.74 Å². The Balaban J connectivity index is 1.37. The molecule has 5 aromatic carbocycles. The molecule has 5 aromatic rings. The van der Waals surface area contributed by atoms with Gasteiger partial charge in [-0.1, -0.05) is 62.2 Å². The molecule has 10 heteroatoms. The fourth-order valence-corrected chi connectivity index (χ4v) is 5.08. The Kier molecular flexibility index (Phi) is 9.46. The highest BCUT2D eigenvalue weighted by Gasteiger charge is 2.38. The van der Waals surface area contributed by atoms with Crippen molar-refractivity contribution in [3.63, 3.8) is 0 Å². The van der Waals surface area contributed by atoms with Crippen molar-refractivity contribution in [2.75, 3.05) is 0 Å². The van der Waals surface area contributed by atoms with Gasteiger partial charge in [0.15, 0.2) is 17.5 Å². The summed E-state index contributed by atoms with van der Waals surface area (Å²) in [5.74, 6) is -11.0. The van der Waals surface area contributed by atoms with Gasteiger partial charge in [-0.15, -0.1) is 0 Å². The highest BCUT2D eigenvalue weighted by molar-refractivity contribution is 5.75. The van der Waals surface area contributed by atoms with E-state index in [0.29, 0.717) is 23.3 Å². The lowest BCUT2D eigenvalue weighted by molar-refractivity contribution is -0.187. The zero-order chi connectivity index (χ0) is 33.2. The third-order valence-corrected chi connectivity index (χ3v) is 7.45. The molecule has 5 rings (SSSR count). The summed E-state index contributed by atoms with van der Waals surface area (Å²) >= 11 is 0. The normalized spacial score (nSPS) is 11.6. The van der Waals surface area contributed by atoms with E-state index < -0.39 is 63.7 Å². The molecule has 0 heterocycles. The number of halogens is 9. The Bertz CT molecular complexity index is 1840. The molecule has 0 N–H and O–H groups in total. The van der Waals surface area contributed by atoms with Crippen LogP contribution in [0.3, 0.4) is 0 Å². The lowest BCUT2D eigenvalue weighted by Crippen LogP contribution is -2.23. The van der Waals surface area contributed by atoms with Crippen molar-refractivity contribution in [2.45, 2.75) is 38.7 Å². The number of rotatable bonds is 10. The molecule has 1 nitrogen and oxygen atoms in total. The number of aryl methyl sites for hydroxylation is 1. The van der Waals surface area contributed by atoms with E-state index in [4.69, 9.17) is 0 Å². The first-order chi connectivity index (χ1) is 21.9. The van der Waals surface area contributed by atoms with Crippen molar-refractivity contribution < 1.29 is 44.3 Å². The Morgan fingerprint density at radius 2 is 1.11 bits per heavy atom. The van der Waals surface area contributed by atoms with E-state index >= 15 is 13.2 Å². The third kappa shape index (κ3) is 6.90. The first-order valence-electron chi connectivity index (χ1n) is 14.3. The average molecular weight is 645 g/mol. The number of hydrogen-bond acceptors (Lipinski definition) is 1. The molecule has 46 heavy (non-hydrogen) atoms.